The Morgan fingerprint density at radius 2 is 1.91 bits per heavy atom. The second-order valence-corrected chi connectivity index (χ2v) is 6.97. The third-order valence-electron chi connectivity index (χ3n) is 3.76. The molecule has 0 spiro atoms. The molecule has 1 aliphatic heterocycles. The Morgan fingerprint density at radius 3 is 2.65 bits per heavy atom. The Labute approximate surface area is 144 Å². The molecule has 1 aliphatic rings. The smallest absolute Gasteiger partial charge is 0.268 e. The van der Waals surface area contributed by atoms with Crippen LogP contribution in [0.1, 0.15) is 16.7 Å². The highest BCUT2D eigenvalue weighted by Crippen LogP contribution is 2.37. The van der Waals surface area contributed by atoms with Crippen molar-refractivity contribution in [3.63, 3.8) is 0 Å². The van der Waals surface area contributed by atoms with E-state index in [1.165, 1.54) is 23.9 Å². The number of anilines is 1. The molecule has 0 bridgehead atoms. The number of amides is 1. The Morgan fingerprint density at radius 1 is 1.17 bits per heavy atom. The first kappa shape index (κ1) is 15.9. The lowest BCUT2D eigenvalue weighted by Crippen LogP contribution is -2.28. The van der Waals surface area contributed by atoms with Crippen LogP contribution >= 0.6 is 24.0 Å². The summed E-state index contributed by atoms with van der Waals surface area (Å²) >= 11 is 6.61. The zero-order valence-corrected chi connectivity index (χ0v) is 14.3. The van der Waals surface area contributed by atoms with Crippen molar-refractivity contribution in [2.75, 3.05) is 4.90 Å². The van der Waals surface area contributed by atoms with Crippen LogP contribution in [0.25, 0.3) is 6.08 Å². The minimum absolute atomic E-state index is 0.169. The van der Waals surface area contributed by atoms with Crippen molar-refractivity contribution < 1.29 is 9.18 Å². The van der Waals surface area contributed by atoms with E-state index in [2.05, 4.69) is 0 Å². The highest BCUT2D eigenvalue weighted by Gasteiger charge is 2.34. The molecule has 0 aliphatic carbocycles. The standard InChI is InChI=1S/C18H14FNOS2/c1-11-5-3-8-15(12(11)2)20-17(21)16(23-18(20)22)10-13-6-4-7-14(19)9-13/h3-10H,1-2H3/b16-10-. The van der Waals surface area contributed by atoms with Gasteiger partial charge in [0.2, 0.25) is 0 Å². The zero-order valence-electron chi connectivity index (χ0n) is 12.7. The third-order valence-corrected chi connectivity index (χ3v) is 5.06. The molecule has 1 saturated heterocycles. The average Bonchev–Trinajstić information content (AvgIpc) is 2.77. The number of hydrogen-bond donors (Lipinski definition) is 0. The number of thioether (sulfide) groups is 1. The van der Waals surface area contributed by atoms with Crippen molar-refractivity contribution in [3.05, 3.63) is 69.9 Å². The predicted molar refractivity (Wildman–Crippen MR) is 98.0 cm³/mol. The van der Waals surface area contributed by atoms with E-state index < -0.39 is 0 Å². The van der Waals surface area contributed by atoms with Crippen LogP contribution in [-0.4, -0.2) is 10.2 Å². The number of nitrogens with zero attached hydrogens (tertiary/aromatic N) is 1. The molecule has 0 radical (unpaired) electrons. The maximum atomic E-state index is 13.3. The number of carbonyl (C=O) groups is 1. The average molecular weight is 343 g/mol. The van der Waals surface area contributed by atoms with Gasteiger partial charge in [0.1, 0.15) is 5.82 Å². The molecule has 0 saturated carbocycles. The van der Waals surface area contributed by atoms with E-state index in [0.29, 0.717) is 14.8 Å². The fourth-order valence-corrected chi connectivity index (χ4v) is 3.69. The number of rotatable bonds is 2. The Hall–Kier alpha value is -1.98. The molecule has 0 N–H and O–H groups in total. The molecular weight excluding hydrogens is 329 g/mol. The number of thiocarbonyl (C=S) groups is 1. The normalized spacial score (nSPS) is 16.5. The molecule has 1 fully saturated rings. The Bertz CT molecular complexity index is 845. The number of hydrogen-bond acceptors (Lipinski definition) is 3. The van der Waals surface area contributed by atoms with Crippen LogP contribution in [0.4, 0.5) is 10.1 Å². The second kappa shape index (κ2) is 6.26. The lowest BCUT2D eigenvalue weighted by molar-refractivity contribution is -0.113. The van der Waals surface area contributed by atoms with Gasteiger partial charge >= 0.3 is 0 Å². The van der Waals surface area contributed by atoms with Crippen molar-refractivity contribution in [1.82, 2.24) is 0 Å². The van der Waals surface area contributed by atoms with Gasteiger partial charge in [-0.25, -0.2) is 4.39 Å². The van der Waals surface area contributed by atoms with Gasteiger partial charge in [-0.05, 0) is 54.8 Å². The van der Waals surface area contributed by atoms with Gasteiger partial charge < -0.3 is 0 Å². The third kappa shape index (κ3) is 3.07. The number of benzene rings is 2. The quantitative estimate of drug-likeness (QED) is 0.574. The van der Waals surface area contributed by atoms with E-state index in [-0.39, 0.29) is 11.7 Å². The molecule has 0 unspecified atom stereocenters. The van der Waals surface area contributed by atoms with Crippen molar-refractivity contribution in [3.8, 4) is 0 Å². The summed E-state index contributed by atoms with van der Waals surface area (Å²) in [6.07, 6.45) is 1.67. The van der Waals surface area contributed by atoms with Crippen LogP contribution in [0.2, 0.25) is 0 Å². The summed E-state index contributed by atoms with van der Waals surface area (Å²) in [5.41, 5.74) is 3.57. The van der Waals surface area contributed by atoms with Gasteiger partial charge in [-0.2, -0.15) is 0 Å². The summed E-state index contributed by atoms with van der Waals surface area (Å²) in [6.45, 7) is 3.97. The van der Waals surface area contributed by atoms with E-state index in [0.717, 1.165) is 16.8 Å². The highest BCUT2D eigenvalue weighted by atomic mass is 32.2. The molecule has 116 valence electrons. The predicted octanol–water partition coefficient (Wildman–Crippen LogP) is 4.85. The van der Waals surface area contributed by atoms with E-state index in [1.54, 1.807) is 23.1 Å². The van der Waals surface area contributed by atoms with Gasteiger partial charge in [-0.15, -0.1) is 0 Å². The number of carbonyl (C=O) groups excluding carboxylic acids is 1. The first-order valence-corrected chi connectivity index (χ1v) is 8.29. The topological polar surface area (TPSA) is 20.3 Å². The Balaban J connectivity index is 1.99. The first-order valence-electron chi connectivity index (χ1n) is 7.07. The second-order valence-electron chi connectivity index (χ2n) is 5.29. The van der Waals surface area contributed by atoms with E-state index in [9.17, 15) is 9.18 Å². The van der Waals surface area contributed by atoms with Crippen molar-refractivity contribution in [1.29, 1.82) is 0 Å². The van der Waals surface area contributed by atoms with Crippen LogP contribution in [0.5, 0.6) is 0 Å². The molecule has 2 aromatic rings. The fraction of sp³-hybridized carbons (Fsp3) is 0.111. The molecular formula is C18H14FNOS2. The summed E-state index contributed by atoms with van der Waals surface area (Å²) in [6, 6.07) is 11.9. The maximum Gasteiger partial charge on any atom is 0.270 e. The zero-order chi connectivity index (χ0) is 16.6. The molecule has 0 atom stereocenters. The maximum absolute atomic E-state index is 13.3. The summed E-state index contributed by atoms with van der Waals surface area (Å²) in [5, 5.41) is 0. The van der Waals surface area contributed by atoms with Gasteiger partial charge in [0.15, 0.2) is 4.32 Å². The summed E-state index contributed by atoms with van der Waals surface area (Å²) in [7, 11) is 0. The van der Waals surface area contributed by atoms with Crippen molar-refractivity contribution in [2.45, 2.75) is 13.8 Å². The molecule has 1 amide bonds. The van der Waals surface area contributed by atoms with E-state index in [1.807, 2.05) is 32.0 Å². The van der Waals surface area contributed by atoms with Crippen LogP contribution in [0.3, 0.4) is 0 Å². The molecule has 2 aromatic carbocycles. The number of aryl methyl sites for hydroxylation is 1. The molecule has 23 heavy (non-hydrogen) atoms. The lowest BCUT2D eigenvalue weighted by atomic mass is 10.1. The minimum atomic E-state index is -0.330. The summed E-state index contributed by atoms with van der Waals surface area (Å²) < 4.78 is 13.8. The van der Waals surface area contributed by atoms with Gasteiger partial charge in [0, 0.05) is 0 Å². The van der Waals surface area contributed by atoms with Crippen molar-refractivity contribution >= 4 is 46.0 Å². The largest absolute Gasteiger partial charge is 0.270 e. The van der Waals surface area contributed by atoms with Crippen LogP contribution < -0.4 is 4.90 Å². The number of halogens is 1. The molecule has 3 rings (SSSR count). The van der Waals surface area contributed by atoms with Crippen LogP contribution in [-0.2, 0) is 4.79 Å². The molecule has 0 aromatic heterocycles. The van der Waals surface area contributed by atoms with Crippen LogP contribution in [0.15, 0.2) is 47.4 Å². The van der Waals surface area contributed by atoms with Crippen molar-refractivity contribution in [2.24, 2.45) is 0 Å². The van der Waals surface area contributed by atoms with Gasteiger partial charge in [-0.3, -0.25) is 9.69 Å². The molecule has 1 heterocycles. The minimum Gasteiger partial charge on any atom is -0.268 e. The Kier molecular flexibility index (Phi) is 4.33. The molecule has 5 heteroatoms. The lowest BCUT2D eigenvalue weighted by Gasteiger charge is -2.18. The SMILES string of the molecule is Cc1cccc(N2C(=O)/C(=C/c3cccc(F)c3)SC2=S)c1C. The fourth-order valence-electron chi connectivity index (χ4n) is 2.40. The summed E-state index contributed by atoms with van der Waals surface area (Å²) in [5.74, 6) is -0.498. The highest BCUT2D eigenvalue weighted by molar-refractivity contribution is 8.27. The monoisotopic (exact) mass is 343 g/mol. The van der Waals surface area contributed by atoms with Gasteiger partial charge in [-0.1, -0.05) is 48.2 Å². The first-order chi connectivity index (χ1) is 11.0. The van der Waals surface area contributed by atoms with E-state index in [4.69, 9.17) is 12.2 Å². The van der Waals surface area contributed by atoms with Crippen LogP contribution in [0, 0.1) is 19.7 Å². The summed E-state index contributed by atoms with van der Waals surface area (Å²) in [4.78, 5) is 14.8. The van der Waals surface area contributed by atoms with Gasteiger partial charge in [0.05, 0.1) is 10.6 Å². The van der Waals surface area contributed by atoms with Gasteiger partial charge in [0.25, 0.3) is 5.91 Å². The molecule has 2 nitrogen and oxygen atoms in total. The van der Waals surface area contributed by atoms with E-state index >= 15 is 0 Å².